The Balaban J connectivity index is 2.48. The second-order valence-corrected chi connectivity index (χ2v) is 8.13. The van der Waals surface area contributed by atoms with Crippen molar-refractivity contribution >= 4 is 58.0 Å². The van der Waals surface area contributed by atoms with Crippen LogP contribution >= 0.6 is 46.4 Å². The number of ether oxygens (including phenoxy) is 2. The largest absolute Gasteiger partial charge is 0.349 e. The predicted molar refractivity (Wildman–Crippen MR) is 88.0 cm³/mol. The van der Waals surface area contributed by atoms with Crippen LogP contribution in [0.3, 0.4) is 0 Å². The first-order valence-corrected chi connectivity index (χ1v) is 8.34. The number of carbonyl (C=O) groups excluding carboxylic acids is 2. The van der Waals surface area contributed by atoms with Gasteiger partial charge >= 0.3 is 0 Å². The van der Waals surface area contributed by atoms with E-state index in [0.29, 0.717) is 0 Å². The van der Waals surface area contributed by atoms with E-state index in [1.807, 2.05) is 0 Å². The molecule has 23 heavy (non-hydrogen) atoms. The highest BCUT2D eigenvalue weighted by Gasteiger charge is 2.91. The molecule has 3 aliphatic rings. The van der Waals surface area contributed by atoms with E-state index in [9.17, 15) is 9.59 Å². The van der Waals surface area contributed by atoms with Gasteiger partial charge in [-0.25, -0.2) is 0 Å². The molecule has 0 saturated heterocycles. The highest BCUT2D eigenvalue weighted by Crippen LogP contribution is 2.79. The van der Waals surface area contributed by atoms with E-state index in [1.54, 1.807) is 13.8 Å². The van der Waals surface area contributed by atoms with Gasteiger partial charge in [-0.2, -0.15) is 0 Å². The Kier molecular flexibility index (Phi) is 3.65. The van der Waals surface area contributed by atoms with E-state index >= 15 is 0 Å². The van der Waals surface area contributed by atoms with Gasteiger partial charge in [0, 0.05) is 14.2 Å². The molecule has 0 radical (unpaired) electrons. The number of ketones is 2. The van der Waals surface area contributed by atoms with Crippen LogP contribution in [0, 0.1) is 11.3 Å². The van der Waals surface area contributed by atoms with Gasteiger partial charge in [0.25, 0.3) is 0 Å². The first-order valence-electron chi connectivity index (χ1n) is 6.83. The molecular weight excluding hydrogens is 386 g/mol. The lowest BCUT2D eigenvalue weighted by atomic mass is 9.61. The molecule has 0 aliphatic heterocycles. The number of hydrogen-bond donors (Lipinski definition) is 0. The van der Waals surface area contributed by atoms with Gasteiger partial charge in [-0.3, -0.25) is 9.59 Å². The van der Waals surface area contributed by atoms with Crippen molar-refractivity contribution in [3.63, 3.8) is 0 Å². The summed E-state index contributed by atoms with van der Waals surface area (Å²) in [6, 6.07) is 0. The number of alkyl halides is 2. The minimum absolute atomic E-state index is 0.0298. The third-order valence-corrected chi connectivity index (χ3v) is 8.26. The van der Waals surface area contributed by atoms with Crippen molar-refractivity contribution in [2.45, 2.75) is 29.4 Å². The van der Waals surface area contributed by atoms with Crippen molar-refractivity contribution < 1.29 is 19.1 Å². The van der Waals surface area contributed by atoms with Gasteiger partial charge in [0.2, 0.25) is 5.79 Å². The number of carbonyl (C=O) groups is 2. The van der Waals surface area contributed by atoms with Gasteiger partial charge < -0.3 is 9.47 Å². The van der Waals surface area contributed by atoms with Gasteiger partial charge in [-0.15, -0.1) is 23.2 Å². The molecule has 126 valence electrons. The van der Waals surface area contributed by atoms with E-state index in [1.165, 1.54) is 20.3 Å². The minimum Gasteiger partial charge on any atom is -0.349 e. The second kappa shape index (κ2) is 4.75. The first kappa shape index (κ1) is 17.7. The summed E-state index contributed by atoms with van der Waals surface area (Å²) in [6.45, 7) is 3.10. The molecule has 8 heteroatoms. The second-order valence-electron chi connectivity index (χ2n) is 6.21. The normalized spacial score (nSPS) is 44.7. The molecule has 4 unspecified atom stereocenters. The number of allylic oxidation sites excluding steroid dienone is 2. The summed E-state index contributed by atoms with van der Waals surface area (Å²) in [5.74, 6) is -3.51. The van der Waals surface area contributed by atoms with Crippen molar-refractivity contribution in [1.82, 2.24) is 0 Å². The molecule has 0 heterocycles. The summed E-state index contributed by atoms with van der Waals surface area (Å²) in [7, 11) is 2.65. The zero-order chi connectivity index (χ0) is 17.6. The molecule has 0 N–H and O–H groups in total. The Bertz CT molecular complexity index is 710. The van der Waals surface area contributed by atoms with Crippen LogP contribution in [-0.4, -0.2) is 41.3 Å². The SMILES string of the molecule is COC1(OC)C2(Cl)C(Cl)=C(Cl)C1(Cl)C1(C)C(=O)C=C(C)C(=O)C12. The fraction of sp³-hybridized carbons (Fsp3) is 0.600. The number of hydrogen-bond acceptors (Lipinski definition) is 4. The van der Waals surface area contributed by atoms with E-state index in [4.69, 9.17) is 55.9 Å². The molecule has 0 aromatic rings. The Labute approximate surface area is 153 Å². The third kappa shape index (κ3) is 1.39. The minimum atomic E-state index is -1.76. The van der Waals surface area contributed by atoms with Crippen molar-refractivity contribution in [3.8, 4) is 0 Å². The Morgan fingerprint density at radius 3 is 2.09 bits per heavy atom. The van der Waals surface area contributed by atoms with Crippen LogP contribution in [0.1, 0.15) is 13.8 Å². The fourth-order valence-corrected chi connectivity index (χ4v) is 6.69. The van der Waals surface area contributed by atoms with E-state index in [2.05, 4.69) is 0 Å². The molecule has 4 atom stereocenters. The topological polar surface area (TPSA) is 52.6 Å². The number of Topliss-reactive ketones (excluding diaryl/α,β-unsaturated/α-hetero) is 1. The monoisotopic (exact) mass is 398 g/mol. The quantitative estimate of drug-likeness (QED) is 0.527. The maximum Gasteiger partial charge on any atom is 0.219 e. The van der Waals surface area contributed by atoms with Crippen molar-refractivity contribution in [3.05, 3.63) is 21.7 Å². The zero-order valence-corrected chi connectivity index (χ0v) is 15.8. The van der Waals surface area contributed by atoms with E-state index < -0.39 is 26.9 Å². The summed E-state index contributed by atoms with van der Waals surface area (Å²) >= 11 is 26.4. The lowest BCUT2D eigenvalue weighted by Crippen LogP contribution is -2.59. The standard InChI is InChI=1S/C15H14Cl4O4/c1-6-5-7(20)12(2)9(8(6)21)13(18)10(16)11(17)14(12,19)15(13,22-3)23-4/h5,9H,1-4H3. The van der Waals surface area contributed by atoms with Crippen LogP contribution in [-0.2, 0) is 19.1 Å². The van der Waals surface area contributed by atoms with Crippen molar-refractivity contribution in [1.29, 1.82) is 0 Å². The number of rotatable bonds is 2. The summed E-state index contributed by atoms with van der Waals surface area (Å²) in [5, 5.41) is -0.0646. The van der Waals surface area contributed by atoms with E-state index in [0.717, 1.165) is 0 Å². The van der Waals surface area contributed by atoms with Gasteiger partial charge in [0.15, 0.2) is 16.4 Å². The summed E-state index contributed by atoms with van der Waals surface area (Å²) in [6.07, 6.45) is 1.26. The number of fused-ring (bicyclic) bond motifs is 5. The zero-order valence-electron chi connectivity index (χ0n) is 12.8. The molecule has 1 fully saturated rings. The summed E-state index contributed by atoms with van der Waals surface area (Å²) in [5.41, 5.74) is -1.17. The molecule has 4 nitrogen and oxygen atoms in total. The number of methoxy groups -OCH3 is 2. The molecule has 0 spiro atoms. The smallest absolute Gasteiger partial charge is 0.219 e. The fourth-order valence-electron chi connectivity index (χ4n) is 4.40. The van der Waals surface area contributed by atoms with Gasteiger partial charge in [0.05, 0.1) is 21.4 Å². The van der Waals surface area contributed by atoms with E-state index in [-0.39, 0.29) is 27.2 Å². The molecule has 3 rings (SSSR count). The van der Waals surface area contributed by atoms with Gasteiger partial charge in [-0.05, 0) is 25.5 Å². The summed E-state index contributed by atoms with van der Waals surface area (Å²) in [4.78, 5) is 22.3. The molecule has 2 bridgehead atoms. The molecule has 0 aromatic carbocycles. The van der Waals surface area contributed by atoms with Crippen LogP contribution in [0.25, 0.3) is 0 Å². The van der Waals surface area contributed by atoms with Crippen LogP contribution in [0.5, 0.6) is 0 Å². The van der Waals surface area contributed by atoms with Crippen LogP contribution < -0.4 is 0 Å². The Morgan fingerprint density at radius 1 is 1.09 bits per heavy atom. The Morgan fingerprint density at radius 2 is 1.61 bits per heavy atom. The first-order chi connectivity index (χ1) is 10.5. The highest BCUT2D eigenvalue weighted by molar-refractivity contribution is 6.54. The maximum atomic E-state index is 12.9. The lowest BCUT2D eigenvalue weighted by Gasteiger charge is -2.45. The van der Waals surface area contributed by atoms with Gasteiger partial charge in [0.1, 0.15) is 4.87 Å². The van der Waals surface area contributed by atoms with Gasteiger partial charge in [-0.1, -0.05) is 23.2 Å². The summed E-state index contributed by atoms with van der Waals surface area (Å²) < 4.78 is 11.1. The highest BCUT2D eigenvalue weighted by atomic mass is 35.5. The van der Waals surface area contributed by atoms with Crippen molar-refractivity contribution in [2.75, 3.05) is 14.2 Å². The third-order valence-electron chi connectivity index (χ3n) is 5.52. The molecule has 1 saturated carbocycles. The maximum absolute atomic E-state index is 12.9. The average Bonchev–Trinajstić information content (AvgIpc) is 2.73. The lowest BCUT2D eigenvalue weighted by molar-refractivity contribution is -0.222. The van der Waals surface area contributed by atoms with Crippen molar-refractivity contribution in [2.24, 2.45) is 11.3 Å². The molecule has 0 aromatic heterocycles. The molecule has 3 aliphatic carbocycles. The average molecular weight is 400 g/mol. The number of halogens is 4. The molecule has 0 amide bonds. The van der Waals surface area contributed by atoms with Crippen LogP contribution in [0.2, 0.25) is 0 Å². The molecular formula is C15H14Cl4O4. The predicted octanol–water partition coefficient (Wildman–Crippen LogP) is 3.37. The van der Waals surface area contributed by atoms with Crippen LogP contribution in [0.4, 0.5) is 0 Å². The van der Waals surface area contributed by atoms with Crippen LogP contribution in [0.15, 0.2) is 21.7 Å². The Hall–Kier alpha value is -0.100.